The molecule has 0 amide bonds. The topological polar surface area (TPSA) is 61.4 Å². The smallest absolute Gasteiger partial charge is 0.280 e. The van der Waals surface area contributed by atoms with Gasteiger partial charge in [0.1, 0.15) is 0 Å². The van der Waals surface area contributed by atoms with Crippen molar-refractivity contribution in [3.63, 3.8) is 0 Å². The molecule has 2 atom stereocenters. The number of nitrogens with zero attached hydrogens (tertiary/aromatic N) is 1. The fraction of sp³-hybridized carbons (Fsp3) is 1.00. The van der Waals surface area contributed by atoms with Gasteiger partial charge in [0, 0.05) is 30.7 Å². The van der Waals surface area contributed by atoms with Crippen LogP contribution in [0.25, 0.3) is 0 Å². The first-order valence-corrected chi connectivity index (χ1v) is 7.10. The lowest BCUT2D eigenvalue weighted by molar-refractivity contribution is 0.238. The summed E-state index contributed by atoms with van der Waals surface area (Å²) in [5.41, 5.74) is -0.438. The largest absolute Gasteiger partial charge is 0.311 e. The molecule has 2 unspecified atom stereocenters. The molecule has 0 bridgehead atoms. The number of piperazine rings is 1. The van der Waals surface area contributed by atoms with Crippen molar-refractivity contribution in [2.45, 2.75) is 52.2 Å². The van der Waals surface area contributed by atoms with Crippen LogP contribution >= 0.6 is 0 Å². The quantitative estimate of drug-likeness (QED) is 0.740. The molecular weight excluding hydrogens is 226 g/mol. The second-order valence-corrected chi connectivity index (χ2v) is 7.21. The molecule has 16 heavy (non-hydrogen) atoms. The predicted octanol–water partition coefficient (Wildman–Crippen LogP) is 0.302. The zero-order valence-corrected chi connectivity index (χ0v) is 11.6. The van der Waals surface area contributed by atoms with E-state index in [9.17, 15) is 8.42 Å². The highest BCUT2D eigenvalue weighted by atomic mass is 32.2. The molecule has 2 N–H and O–H groups in total. The van der Waals surface area contributed by atoms with Gasteiger partial charge < -0.3 is 5.32 Å². The number of hydrogen-bond acceptors (Lipinski definition) is 3. The van der Waals surface area contributed by atoms with Crippen LogP contribution < -0.4 is 10.0 Å². The predicted molar refractivity (Wildman–Crippen MR) is 65.4 cm³/mol. The Morgan fingerprint density at radius 2 is 1.88 bits per heavy atom. The van der Waals surface area contributed by atoms with E-state index in [1.807, 2.05) is 34.6 Å². The molecular formula is C10H23N3O2S. The summed E-state index contributed by atoms with van der Waals surface area (Å²) in [6.07, 6.45) is 0. The second-order valence-electron chi connectivity index (χ2n) is 5.59. The average Bonchev–Trinajstić information content (AvgIpc) is 2.04. The van der Waals surface area contributed by atoms with Gasteiger partial charge in [0.05, 0.1) is 0 Å². The Morgan fingerprint density at radius 3 is 2.38 bits per heavy atom. The maximum Gasteiger partial charge on any atom is 0.280 e. The SMILES string of the molecule is CC1CN(S(=O)(=O)NC(C)(C)C)C(C)CN1. The average molecular weight is 249 g/mol. The normalized spacial score (nSPS) is 29.3. The molecule has 0 saturated carbocycles. The summed E-state index contributed by atoms with van der Waals surface area (Å²) in [4.78, 5) is 0. The minimum atomic E-state index is -3.38. The second kappa shape index (κ2) is 4.60. The summed E-state index contributed by atoms with van der Waals surface area (Å²) in [7, 11) is -3.38. The van der Waals surface area contributed by atoms with E-state index in [0.717, 1.165) is 0 Å². The van der Waals surface area contributed by atoms with E-state index in [-0.39, 0.29) is 12.1 Å². The summed E-state index contributed by atoms with van der Waals surface area (Å²) in [5, 5.41) is 3.26. The monoisotopic (exact) mass is 249 g/mol. The first-order valence-electron chi connectivity index (χ1n) is 5.66. The van der Waals surface area contributed by atoms with Crippen molar-refractivity contribution < 1.29 is 8.42 Å². The molecule has 6 heteroatoms. The summed E-state index contributed by atoms with van der Waals surface area (Å²) >= 11 is 0. The van der Waals surface area contributed by atoms with E-state index in [2.05, 4.69) is 10.0 Å². The first-order chi connectivity index (χ1) is 7.12. The molecule has 1 aliphatic heterocycles. The lowest BCUT2D eigenvalue weighted by atomic mass is 10.1. The van der Waals surface area contributed by atoms with Crippen LogP contribution in [0.1, 0.15) is 34.6 Å². The standard InChI is InChI=1S/C10H23N3O2S/c1-8-7-13(9(2)6-11-8)16(14,15)12-10(3,4)5/h8-9,11-12H,6-7H2,1-5H3. The summed E-state index contributed by atoms with van der Waals surface area (Å²) < 4.78 is 28.5. The lowest BCUT2D eigenvalue weighted by Gasteiger charge is -2.38. The van der Waals surface area contributed by atoms with E-state index in [1.54, 1.807) is 4.31 Å². The Balaban J connectivity index is 2.81. The molecule has 0 aromatic rings. The molecule has 1 saturated heterocycles. The van der Waals surface area contributed by atoms with Crippen LogP contribution in [0.5, 0.6) is 0 Å². The highest BCUT2D eigenvalue weighted by Gasteiger charge is 2.34. The zero-order valence-electron chi connectivity index (χ0n) is 10.7. The fourth-order valence-electron chi connectivity index (χ4n) is 1.77. The number of rotatable bonds is 2. The van der Waals surface area contributed by atoms with Gasteiger partial charge in [0.25, 0.3) is 10.2 Å². The Kier molecular flexibility index (Phi) is 3.99. The minimum Gasteiger partial charge on any atom is -0.311 e. The van der Waals surface area contributed by atoms with Gasteiger partial charge in [0.15, 0.2) is 0 Å². The van der Waals surface area contributed by atoms with E-state index in [1.165, 1.54) is 0 Å². The molecule has 1 fully saturated rings. The molecule has 0 spiro atoms. The molecule has 0 radical (unpaired) electrons. The lowest BCUT2D eigenvalue weighted by Crippen LogP contribution is -2.60. The van der Waals surface area contributed by atoms with Crippen molar-refractivity contribution in [2.75, 3.05) is 13.1 Å². The van der Waals surface area contributed by atoms with Gasteiger partial charge in [0.2, 0.25) is 0 Å². The van der Waals surface area contributed by atoms with E-state index >= 15 is 0 Å². The van der Waals surface area contributed by atoms with E-state index < -0.39 is 15.7 Å². The van der Waals surface area contributed by atoms with Gasteiger partial charge in [-0.05, 0) is 34.6 Å². The van der Waals surface area contributed by atoms with Crippen molar-refractivity contribution in [1.82, 2.24) is 14.3 Å². The summed E-state index contributed by atoms with van der Waals surface area (Å²) in [5.74, 6) is 0. The number of hydrogen-bond donors (Lipinski definition) is 2. The molecule has 1 heterocycles. The maximum atomic E-state index is 12.1. The molecule has 1 aliphatic rings. The van der Waals surface area contributed by atoms with Gasteiger partial charge in [-0.1, -0.05) is 0 Å². The third-order valence-electron chi connectivity index (χ3n) is 2.45. The van der Waals surface area contributed by atoms with Crippen LogP contribution in [0.15, 0.2) is 0 Å². The van der Waals surface area contributed by atoms with Crippen molar-refractivity contribution in [1.29, 1.82) is 0 Å². The van der Waals surface area contributed by atoms with Crippen molar-refractivity contribution in [2.24, 2.45) is 0 Å². The molecule has 96 valence electrons. The van der Waals surface area contributed by atoms with Gasteiger partial charge in [-0.25, -0.2) is 0 Å². The molecule has 0 aliphatic carbocycles. The summed E-state index contributed by atoms with van der Waals surface area (Å²) in [6.45, 7) is 10.7. The molecule has 5 nitrogen and oxygen atoms in total. The van der Waals surface area contributed by atoms with E-state index in [0.29, 0.717) is 13.1 Å². The van der Waals surface area contributed by atoms with Crippen molar-refractivity contribution in [3.8, 4) is 0 Å². The fourth-order valence-corrected chi connectivity index (χ4v) is 3.63. The Morgan fingerprint density at radius 1 is 1.31 bits per heavy atom. The van der Waals surface area contributed by atoms with Crippen molar-refractivity contribution in [3.05, 3.63) is 0 Å². The van der Waals surface area contributed by atoms with Crippen LogP contribution in [0.2, 0.25) is 0 Å². The third-order valence-corrected chi connectivity index (χ3v) is 4.45. The van der Waals surface area contributed by atoms with Crippen LogP contribution in [0.4, 0.5) is 0 Å². The maximum absolute atomic E-state index is 12.1. The van der Waals surface area contributed by atoms with Gasteiger partial charge >= 0.3 is 0 Å². The molecule has 0 aromatic heterocycles. The zero-order chi connectivity index (χ0) is 12.6. The van der Waals surface area contributed by atoms with Gasteiger partial charge in [-0.15, -0.1) is 0 Å². The Bertz CT molecular complexity index is 334. The van der Waals surface area contributed by atoms with Crippen LogP contribution in [-0.4, -0.2) is 43.4 Å². The van der Waals surface area contributed by atoms with Crippen molar-refractivity contribution >= 4 is 10.2 Å². The van der Waals surface area contributed by atoms with Gasteiger partial charge in [-0.3, -0.25) is 0 Å². The Labute approximate surface area is 98.8 Å². The van der Waals surface area contributed by atoms with E-state index in [4.69, 9.17) is 0 Å². The number of nitrogens with one attached hydrogen (secondary N) is 2. The molecule has 1 rings (SSSR count). The highest BCUT2D eigenvalue weighted by molar-refractivity contribution is 7.87. The van der Waals surface area contributed by atoms with Crippen LogP contribution in [-0.2, 0) is 10.2 Å². The van der Waals surface area contributed by atoms with Gasteiger partial charge in [-0.2, -0.15) is 17.4 Å². The highest BCUT2D eigenvalue weighted by Crippen LogP contribution is 2.13. The Hall–Kier alpha value is -0.170. The first kappa shape index (κ1) is 13.9. The molecule has 0 aromatic carbocycles. The van der Waals surface area contributed by atoms with Crippen LogP contribution in [0, 0.1) is 0 Å². The summed E-state index contributed by atoms with van der Waals surface area (Å²) in [6, 6.07) is 0.198. The van der Waals surface area contributed by atoms with Crippen LogP contribution in [0.3, 0.4) is 0 Å². The minimum absolute atomic E-state index is 0.00366. The third kappa shape index (κ3) is 3.69.